The number of benzene rings is 1. The van der Waals surface area contributed by atoms with Crippen molar-refractivity contribution in [1.82, 2.24) is 10.2 Å². The molecule has 0 spiro atoms. The Morgan fingerprint density at radius 3 is 2.48 bits per heavy atom. The molecule has 25 heavy (non-hydrogen) atoms. The molecule has 2 aliphatic heterocycles. The third-order valence-electron chi connectivity index (χ3n) is 4.51. The zero-order chi connectivity index (χ0) is 18.5. The van der Waals surface area contributed by atoms with Crippen LogP contribution in [-0.2, 0) is 14.4 Å². The number of fused-ring (bicyclic) bond motifs is 1. The highest BCUT2D eigenvalue weighted by atomic mass is 32.2. The summed E-state index contributed by atoms with van der Waals surface area (Å²) in [5, 5.41) is 20.9. The molecule has 9 heteroatoms. The number of nitrogens with one attached hydrogen (secondary N) is 1. The van der Waals surface area contributed by atoms with E-state index in [2.05, 4.69) is 5.32 Å². The predicted octanol–water partition coefficient (Wildman–Crippen LogP) is 0.0237. The Labute approximate surface area is 148 Å². The summed E-state index contributed by atoms with van der Waals surface area (Å²) in [6.07, 6.45) is 0. The number of aliphatic carboxylic acids is 1. The van der Waals surface area contributed by atoms with Crippen molar-refractivity contribution in [3.8, 4) is 5.75 Å². The van der Waals surface area contributed by atoms with E-state index in [0.29, 0.717) is 5.56 Å². The molecule has 2 fully saturated rings. The third kappa shape index (κ3) is 2.83. The van der Waals surface area contributed by atoms with Gasteiger partial charge in [-0.05, 0) is 31.5 Å². The van der Waals surface area contributed by atoms with Crippen molar-refractivity contribution >= 4 is 29.5 Å². The number of rotatable bonds is 4. The highest BCUT2D eigenvalue weighted by Crippen LogP contribution is 2.50. The molecule has 4 atom stereocenters. The SMILES string of the molecule is CC1(C)S[C@H]2[C@@H](NC(=O)C(N)c3ccc(O)cc3)C(=O)N2[C@@H]1C(=O)O. The summed E-state index contributed by atoms with van der Waals surface area (Å²) in [5.74, 6) is -1.94. The Kier molecular flexibility index (Phi) is 4.16. The minimum absolute atomic E-state index is 0.0606. The van der Waals surface area contributed by atoms with E-state index in [-0.39, 0.29) is 5.75 Å². The highest BCUT2D eigenvalue weighted by molar-refractivity contribution is 8.01. The molecular formula is C16H19N3O5S. The maximum Gasteiger partial charge on any atom is 0.327 e. The molecule has 2 saturated heterocycles. The van der Waals surface area contributed by atoms with E-state index in [9.17, 15) is 24.6 Å². The Bertz CT molecular complexity index is 736. The van der Waals surface area contributed by atoms with Crippen LogP contribution in [0.15, 0.2) is 24.3 Å². The van der Waals surface area contributed by atoms with Gasteiger partial charge in [0, 0.05) is 4.75 Å². The quantitative estimate of drug-likeness (QED) is 0.553. The summed E-state index contributed by atoms with van der Waals surface area (Å²) >= 11 is 1.35. The standard InChI is InChI=1S/C16H19N3O5S/c1-16(2)11(15(23)24)19-13(22)10(14(19)25-16)18-12(21)9(17)7-3-5-8(20)6-4-7/h3-6,9-11,14,20H,17H2,1-2H3,(H,18,21)(H,23,24)/t9?,10-,11+,14-/m0/s1. The van der Waals surface area contributed by atoms with Gasteiger partial charge >= 0.3 is 5.97 Å². The number of carboxylic acid groups (broad SMARTS) is 1. The van der Waals surface area contributed by atoms with Gasteiger partial charge in [-0.1, -0.05) is 12.1 Å². The van der Waals surface area contributed by atoms with Crippen molar-refractivity contribution in [1.29, 1.82) is 0 Å². The lowest BCUT2D eigenvalue weighted by Gasteiger charge is -2.43. The Morgan fingerprint density at radius 2 is 1.92 bits per heavy atom. The number of phenolic OH excluding ortho intramolecular Hbond substituents is 1. The van der Waals surface area contributed by atoms with Gasteiger partial charge in [-0.15, -0.1) is 11.8 Å². The van der Waals surface area contributed by atoms with Gasteiger partial charge in [0.05, 0.1) is 0 Å². The number of amides is 2. The smallest absolute Gasteiger partial charge is 0.327 e. The fourth-order valence-electron chi connectivity index (χ4n) is 3.22. The number of carbonyl (C=O) groups excluding carboxylic acids is 2. The first kappa shape index (κ1) is 17.6. The summed E-state index contributed by atoms with van der Waals surface area (Å²) in [7, 11) is 0. The average Bonchev–Trinajstić information content (AvgIpc) is 2.80. The van der Waals surface area contributed by atoms with Crippen molar-refractivity contribution in [2.45, 2.75) is 42.1 Å². The van der Waals surface area contributed by atoms with Crippen LogP contribution in [0, 0.1) is 0 Å². The zero-order valence-electron chi connectivity index (χ0n) is 13.7. The molecule has 134 valence electrons. The topological polar surface area (TPSA) is 133 Å². The van der Waals surface area contributed by atoms with Crippen LogP contribution in [0.25, 0.3) is 0 Å². The fourth-order valence-corrected chi connectivity index (χ4v) is 4.85. The van der Waals surface area contributed by atoms with E-state index in [1.54, 1.807) is 13.8 Å². The number of β-lactam (4-membered cyclic amide) rings is 1. The van der Waals surface area contributed by atoms with E-state index < -0.39 is 46.0 Å². The molecular weight excluding hydrogens is 346 g/mol. The number of phenols is 1. The molecule has 2 amide bonds. The molecule has 0 radical (unpaired) electrons. The fraction of sp³-hybridized carbons (Fsp3) is 0.438. The number of hydrogen-bond acceptors (Lipinski definition) is 6. The molecule has 0 aromatic heterocycles. The number of thioether (sulfide) groups is 1. The predicted molar refractivity (Wildman–Crippen MR) is 90.7 cm³/mol. The molecule has 2 aliphatic rings. The van der Waals surface area contributed by atoms with E-state index in [4.69, 9.17) is 5.73 Å². The van der Waals surface area contributed by atoms with Crippen LogP contribution in [0.5, 0.6) is 5.75 Å². The number of hydrogen-bond donors (Lipinski definition) is 4. The maximum absolute atomic E-state index is 12.3. The molecule has 1 aromatic carbocycles. The van der Waals surface area contributed by atoms with Crippen LogP contribution >= 0.6 is 11.8 Å². The van der Waals surface area contributed by atoms with Crippen molar-refractivity contribution in [3.05, 3.63) is 29.8 Å². The van der Waals surface area contributed by atoms with Gasteiger partial charge in [-0.2, -0.15) is 0 Å². The molecule has 2 heterocycles. The highest BCUT2D eigenvalue weighted by Gasteiger charge is 2.64. The first-order valence-corrected chi connectivity index (χ1v) is 8.59. The summed E-state index contributed by atoms with van der Waals surface area (Å²) in [6, 6.07) is 3.21. The summed E-state index contributed by atoms with van der Waals surface area (Å²) in [5.41, 5.74) is 6.41. The first-order valence-electron chi connectivity index (χ1n) is 7.71. The van der Waals surface area contributed by atoms with Gasteiger partial charge < -0.3 is 26.2 Å². The van der Waals surface area contributed by atoms with Crippen LogP contribution in [0.3, 0.4) is 0 Å². The lowest BCUT2D eigenvalue weighted by molar-refractivity contribution is -0.161. The maximum atomic E-state index is 12.3. The normalized spacial score (nSPS) is 28.0. The second-order valence-corrected chi connectivity index (χ2v) is 8.42. The van der Waals surface area contributed by atoms with E-state index in [1.807, 2.05) is 0 Å². The second kappa shape index (κ2) is 5.92. The first-order chi connectivity index (χ1) is 11.6. The number of carbonyl (C=O) groups is 3. The van der Waals surface area contributed by atoms with Gasteiger partial charge in [0.25, 0.3) is 0 Å². The van der Waals surface area contributed by atoms with Crippen LogP contribution in [0.1, 0.15) is 25.5 Å². The van der Waals surface area contributed by atoms with Crippen LogP contribution < -0.4 is 11.1 Å². The van der Waals surface area contributed by atoms with Gasteiger partial charge in [0.1, 0.15) is 29.2 Å². The number of nitrogens with zero attached hydrogens (tertiary/aromatic N) is 1. The van der Waals surface area contributed by atoms with Crippen LogP contribution in [-0.4, -0.2) is 55.1 Å². The Hall–Kier alpha value is -2.26. The molecule has 1 unspecified atom stereocenters. The van der Waals surface area contributed by atoms with Gasteiger partial charge in [-0.25, -0.2) is 4.79 Å². The largest absolute Gasteiger partial charge is 0.508 e. The van der Waals surface area contributed by atoms with Crippen molar-refractivity contribution in [2.24, 2.45) is 5.73 Å². The molecule has 0 bridgehead atoms. The number of aromatic hydroxyl groups is 1. The number of nitrogens with two attached hydrogens (primary N) is 1. The monoisotopic (exact) mass is 365 g/mol. The zero-order valence-corrected chi connectivity index (χ0v) is 14.5. The van der Waals surface area contributed by atoms with Crippen molar-refractivity contribution in [3.63, 3.8) is 0 Å². The lowest BCUT2D eigenvalue weighted by atomic mass is 9.95. The molecule has 3 rings (SSSR count). The van der Waals surface area contributed by atoms with Gasteiger partial charge in [0.15, 0.2) is 0 Å². The average molecular weight is 365 g/mol. The molecule has 5 N–H and O–H groups in total. The van der Waals surface area contributed by atoms with Crippen molar-refractivity contribution < 1.29 is 24.6 Å². The Morgan fingerprint density at radius 1 is 1.32 bits per heavy atom. The summed E-state index contributed by atoms with van der Waals surface area (Å²) < 4.78 is -0.648. The van der Waals surface area contributed by atoms with Crippen LogP contribution in [0.2, 0.25) is 0 Å². The Balaban J connectivity index is 1.70. The molecule has 8 nitrogen and oxygen atoms in total. The minimum Gasteiger partial charge on any atom is -0.508 e. The minimum atomic E-state index is -1.06. The van der Waals surface area contributed by atoms with Gasteiger partial charge in [-0.3, -0.25) is 9.59 Å². The molecule has 0 saturated carbocycles. The molecule has 0 aliphatic carbocycles. The second-order valence-electron chi connectivity index (χ2n) is 6.65. The van der Waals surface area contributed by atoms with Crippen molar-refractivity contribution in [2.75, 3.05) is 0 Å². The third-order valence-corrected chi connectivity index (χ3v) is 6.08. The van der Waals surface area contributed by atoms with E-state index in [0.717, 1.165) is 0 Å². The van der Waals surface area contributed by atoms with E-state index >= 15 is 0 Å². The van der Waals surface area contributed by atoms with Gasteiger partial charge in [0.2, 0.25) is 11.8 Å². The van der Waals surface area contributed by atoms with Crippen LogP contribution in [0.4, 0.5) is 0 Å². The molecule has 1 aromatic rings. The summed E-state index contributed by atoms with van der Waals surface area (Å²) in [6.45, 7) is 3.53. The van der Waals surface area contributed by atoms with E-state index in [1.165, 1.54) is 40.9 Å². The lowest BCUT2D eigenvalue weighted by Crippen LogP contribution is -2.71. The summed E-state index contributed by atoms with van der Waals surface area (Å²) in [4.78, 5) is 37.5. The number of carboxylic acids is 1.